The van der Waals surface area contributed by atoms with E-state index in [4.69, 9.17) is 0 Å². The number of nitrogens with zero attached hydrogens (tertiary/aromatic N) is 1. The standard InChI is InChI=1S/C15H24N2O/c1-2-16-10-14-8-9-17(12-15(14)18)11-13-6-4-3-5-7-13/h3-7,14-16,18H,2,8-12H2,1H3/t14-,15-/m1/s1. The number of likely N-dealkylation sites (tertiary alicyclic amines) is 1. The quantitative estimate of drug-likeness (QED) is 0.828. The molecule has 2 N–H and O–H groups in total. The Kier molecular flexibility index (Phi) is 5.17. The zero-order valence-electron chi connectivity index (χ0n) is 11.2. The first-order valence-corrected chi connectivity index (χ1v) is 6.94. The Morgan fingerprint density at radius 3 is 2.78 bits per heavy atom. The fraction of sp³-hybridized carbons (Fsp3) is 0.600. The molecule has 1 fully saturated rings. The first kappa shape index (κ1) is 13.5. The van der Waals surface area contributed by atoms with Crippen LogP contribution in [0.2, 0.25) is 0 Å². The van der Waals surface area contributed by atoms with Gasteiger partial charge in [0.15, 0.2) is 0 Å². The fourth-order valence-corrected chi connectivity index (χ4v) is 2.60. The average molecular weight is 248 g/mol. The first-order chi connectivity index (χ1) is 8.79. The highest BCUT2D eigenvalue weighted by molar-refractivity contribution is 5.14. The summed E-state index contributed by atoms with van der Waals surface area (Å²) in [6.45, 7) is 6.86. The normalized spacial score (nSPS) is 25.2. The number of aliphatic hydroxyl groups is 1. The predicted molar refractivity (Wildman–Crippen MR) is 74.4 cm³/mol. The highest BCUT2D eigenvalue weighted by Gasteiger charge is 2.26. The third kappa shape index (κ3) is 3.80. The Morgan fingerprint density at radius 2 is 2.11 bits per heavy atom. The van der Waals surface area contributed by atoms with Crippen LogP contribution in [0, 0.1) is 5.92 Å². The summed E-state index contributed by atoms with van der Waals surface area (Å²) in [6.07, 6.45) is 0.891. The molecule has 0 bridgehead atoms. The molecule has 0 saturated carbocycles. The average Bonchev–Trinajstić information content (AvgIpc) is 2.39. The third-order valence-electron chi connectivity index (χ3n) is 3.71. The Labute approximate surface area is 110 Å². The van der Waals surface area contributed by atoms with Crippen molar-refractivity contribution < 1.29 is 5.11 Å². The minimum atomic E-state index is -0.193. The van der Waals surface area contributed by atoms with Crippen LogP contribution in [0.25, 0.3) is 0 Å². The lowest BCUT2D eigenvalue weighted by atomic mass is 9.93. The van der Waals surface area contributed by atoms with E-state index in [1.807, 2.05) is 6.07 Å². The van der Waals surface area contributed by atoms with Gasteiger partial charge in [0.2, 0.25) is 0 Å². The minimum Gasteiger partial charge on any atom is -0.391 e. The van der Waals surface area contributed by atoms with Crippen molar-refractivity contribution in [2.75, 3.05) is 26.2 Å². The van der Waals surface area contributed by atoms with E-state index in [9.17, 15) is 5.11 Å². The van der Waals surface area contributed by atoms with Crippen LogP contribution in [0.5, 0.6) is 0 Å². The van der Waals surface area contributed by atoms with Gasteiger partial charge >= 0.3 is 0 Å². The Bertz CT molecular complexity index is 342. The van der Waals surface area contributed by atoms with Crippen LogP contribution in [0.4, 0.5) is 0 Å². The van der Waals surface area contributed by atoms with Gasteiger partial charge in [0, 0.05) is 19.6 Å². The van der Waals surface area contributed by atoms with Gasteiger partial charge in [-0.1, -0.05) is 37.3 Å². The van der Waals surface area contributed by atoms with E-state index in [1.54, 1.807) is 0 Å². The maximum atomic E-state index is 10.2. The summed E-state index contributed by atoms with van der Waals surface area (Å²) in [5, 5.41) is 13.5. The topological polar surface area (TPSA) is 35.5 Å². The van der Waals surface area contributed by atoms with E-state index in [-0.39, 0.29) is 6.10 Å². The smallest absolute Gasteiger partial charge is 0.0707 e. The van der Waals surface area contributed by atoms with E-state index < -0.39 is 0 Å². The maximum absolute atomic E-state index is 10.2. The number of aliphatic hydroxyl groups excluding tert-OH is 1. The predicted octanol–water partition coefficient (Wildman–Crippen LogP) is 1.48. The molecule has 100 valence electrons. The van der Waals surface area contributed by atoms with Crippen molar-refractivity contribution in [3.63, 3.8) is 0 Å². The Balaban J connectivity index is 1.81. The van der Waals surface area contributed by atoms with Crippen LogP contribution < -0.4 is 5.32 Å². The highest BCUT2D eigenvalue weighted by atomic mass is 16.3. The minimum absolute atomic E-state index is 0.193. The molecule has 1 aliphatic rings. The van der Waals surface area contributed by atoms with Crippen molar-refractivity contribution in [2.45, 2.75) is 26.0 Å². The lowest BCUT2D eigenvalue weighted by molar-refractivity contribution is 0.0191. The molecule has 3 heteroatoms. The summed E-state index contributed by atoms with van der Waals surface area (Å²) in [5.41, 5.74) is 1.33. The fourth-order valence-electron chi connectivity index (χ4n) is 2.60. The van der Waals surface area contributed by atoms with Crippen LogP contribution in [0.15, 0.2) is 30.3 Å². The maximum Gasteiger partial charge on any atom is 0.0707 e. The second kappa shape index (κ2) is 6.88. The van der Waals surface area contributed by atoms with E-state index in [0.29, 0.717) is 5.92 Å². The molecule has 0 amide bonds. The van der Waals surface area contributed by atoms with E-state index in [2.05, 4.69) is 41.4 Å². The molecule has 0 radical (unpaired) electrons. The summed E-state index contributed by atoms with van der Waals surface area (Å²) in [6, 6.07) is 10.5. The number of rotatable bonds is 5. The van der Waals surface area contributed by atoms with Gasteiger partial charge in [-0.05, 0) is 31.0 Å². The van der Waals surface area contributed by atoms with Crippen molar-refractivity contribution >= 4 is 0 Å². The molecule has 2 rings (SSSR count). The molecule has 18 heavy (non-hydrogen) atoms. The van der Waals surface area contributed by atoms with Crippen molar-refractivity contribution in [3.8, 4) is 0 Å². The van der Waals surface area contributed by atoms with Crippen molar-refractivity contribution in [1.29, 1.82) is 0 Å². The summed E-state index contributed by atoms with van der Waals surface area (Å²) in [4.78, 5) is 2.35. The van der Waals surface area contributed by atoms with Crippen LogP contribution in [-0.4, -0.2) is 42.3 Å². The number of hydrogen-bond acceptors (Lipinski definition) is 3. The molecule has 0 spiro atoms. The molecular weight excluding hydrogens is 224 g/mol. The lowest BCUT2D eigenvalue weighted by Crippen LogP contribution is -2.46. The summed E-state index contributed by atoms with van der Waals surface area (Å²) in [7, 11) is 0. The molecule has 1 heterocycles. The van der Waals surface area contributed by atoms with Crippen LogP contribution in [-0.2, 0) is 6.54 Å². The summed E-state index contributed by atoms with van der Waals surface area (Å²) in [5.74, 6) is 0.414. The van der Waals surface area contributed by atoms with E-state index >= 15 is 0 Å². The monoisotopic (exact) mass is 248 g/mol. The third-order valence-corrected chi connectivity index (χ3v) is 3.71. The largest absolute Gasteiger partial charge is 0.391 e. The molecule has 0 unspecified atom stereocenters. The molecule has 3 nitrogen and oxygen atoms in total. The van der Waals surface area contributed by atoms with Crippen molar-refractivity contribution in [3.05, 3.63) is 35.9 Å². The van der Waals surface area contributed by atoms with Gasteiger partial charge in [-0.25, -0.2) is 0 Å². The SMILES string of the molecule is CCNC[C@H]1CCN(Cc2ccccc2)C[C@H]1O. The number of nitrogens with one attached hydrogen (secondary N) is 1. The second-order valence-electron chi connectivity index (χ2n) is 5.14. The van der Waals surface area contributed by atoms with Gasteiger partial charge in [-0.2, -0.15) is 0 Å². The van der Waals surface area contributed by atoms with Gasteiger partial charge < -0.3 is 10.4 Å². The Hall–Kier alpha value is -0.900. The lowest BCUT2D eigenvalue weighted by Gasteiger charge is -2.36. The molecule has 1 aromatic carbocycles. The zero-order chi connectivity index (χ0) is 12.8. The molecule has 2 atom stereocenters. The molecule has 0 aliphatic carbocycles. The van der Waals surface area contributed by atoms with Crippen LogP contribution >= 0.6 is 0 Å². The number of β-amino-alcohol motifs (C(OH)–C–C–N with tert-alkyl or cyclic N) is 1. The zero-order valence-corrected chi connectivity index (χ0v) is 11.2. The van der Waals surface area contributed by atoms with Crippen molar-refractivity contribution in [1.82, 2.24) is 10.2 Å². The van der Waals surface area contributed by atoms with Gasteiger partial charge in [-0.15, -0.1) is 0 Å². The number of piperidine rings is 1. The number of benzene rings is 1. The first-order valence-electron chi connectivity index (χ1n) is 6.94. The van der Waals surface area contributed by atoms with Gasteiger partial charge in [-0.3, -0.25) is 4.90 Å². The van der Waals surface area contributed by atoms with Crippen LogP contribution in [0.3, 0.4) is 0 Å². The van der Waals surface area contributed by atoms with Crippen LogP contribution in [0.1, 0.15) is 18.9 Å². The molecule has 1 aliphatic heterocycles. The molecule has 0 aromatic heterocycles. The second-order valence-corrected chi connectivity index (χ2v) is 5.14. The number of hydrogen-bond donors (Lipinski definition) is 2. The molecule has 1 aromatic rings. The van der Waals surface area contributed by atoms with E-state index in [0.717, 1.165) is 39.1 Å². The highest BCUT2D eigenvalue weighted by Crippen LogP contribution is 2.19. The molecule has 1 saturated heterocycles. The van der Waals surface area contributed by atoms with Gasteiger partial charge in [0.25, 0.3) is 0 Å². The van der Waals surface area contributed by atoms with E-state index in [1.165, 1.54) is 5.56 Å². The Morgan fingerprint density at radius 1 is 1.33 bits per heavy atom. The summed E-state index contributed by atoms with van der Waals surface area (Å²) < 4.78 is 0. The van der Waals surface area contributed by atoms with Gasteiger partial charge in [0.05, 0.1) is 6.10 Å². The summed E-state index contributed by atoms with van der Waals surface area (Å²) >= 11 is 0. The van der Waals surface area contributed by atoms with Gasteiger partial charge in [0.1, 0.15) is 0 Å². The van der Waals surface area contributed by atoms with Crippen molar-refractivity contribution in [2.24, 2.45) is 5.92 Å². The molecular formula is C15H24N2O.